The SMILES string of the molecule is CCCCN(C(=O)CN1C[C@H](c2cc(CO)c3c(c2)OCO3)[C@@H](C(=O)O)[C@@H]1CCn1cccn1)c1ccc[n+](C)c1. The first kappa shape index (κ1) is 28.6. The number of amides is 1. The monoisotopic (exact) mass is 564 g/mol. The van der Waals surface area contributed by atoms with Crippen LogP contribution in [0.1, 0.15) is 43.2 Å². The lowest BCUT2D eigenvalue weighted by atomic mass is 9.83. The zero-order chi connectivity index (χ0) is 28.9. The van der Waals surface area contributed by atoms with E-state index < -0.39 is 23.8 Å². The van der Waals surface area contributed by atoms with Crippen molar-refractivity contribution in [3.63, 3.8) is 0 Å². The molecular formula is C30H38N5O6+. The van der Waals surface area contributed by atoms with Crippen molar-refractivity contribution >= 4 is 17.6 Å². The number of hydrogen-bond acceptors (Lipinski definition) is 7. The molecule has 11 nitrogen and oxygen atoms in total. The van der Waals surface area contributed by atoms with Gasteiger partial charge in [-0.2, -0.15) is 5.10 Å². The van der Waals surface area contributed by atoms with Gasteiger partial charge in [0, 0.05) is 55.6 Å². The first-order valence-corrected chi connectivity index (χ1v) is 14.1. The molecule has 1 amide bonds. The number of carbonyl (C=O) groups is 2. The van der Waals surface area contributed by atoms with Gasteiger partial charge in [0.1, 0.15) is 12.7 Å². The molecule has 1 aromatic carbocycles. The number of likely N-dealkylation sites (tertiary alicyclic amines) is 1. The molecule has 0 unspecified atom stereocenters. The molecule has 5 rings (SSSR count). The second kappa shape index (κ2) is 12.7. The lowest BCUT2D eigenvalue weighted by Gasteiger charge is -2.29. The van der Waals surface area contributed by atoms with Crippen LogP contribution in [0.15, 0.2) is 55.1 Å². The summed E-state index contributed by atoms with van der Waals surface area (Å²) in [6, 6.07) is 8.89. The number of benzene rings is 1. The number of carboxylic acids is 1. The minimum atomic E-state index is -0.920. The Hall–Kier alpha value is -3.96. The number of ether oxygens (including phenoxy) is 2. The molecule has 2 aliphatic heterocycles. The highest BCUT2D eigenvalue weighted by atomic mass is 16.7. The van der Waals surface area contributed by atoms with Gasteiger partial charge in [-0.3, -0.25) is 19.2 Å². The van der Waals surface area contributed by atoms with Crippen LogP contribution in [-0.2, 0) is 29.8 Å². The van der Waals surface area contributed by atoms with Crippen molar-refractivity contribution in [1.82, 2.24) is 14.7 Å². The number of aromatic nitrogens is 3. The molecule has 0 bridgehead atoms. The number of pyridine rings is 1. The number of carbonyl (C=O) groups excluding carboxylic acids is 1. The third-order valence-electron chi connectivity index (χ3n) is 8.03. The Morgan fingerprint density at radius 1 is 1.24 bits per heavy atom. The van der Waals surface area contributed by atoms with E-state index in [0.717, 1.165) is 24.1 Å². The first-order valence-electron chi connectivity index (χ1n) is 14.1. The minimum absolute atomic E-state index is 0.0524. The number of rotatable bonds is 12. The van der Waals surface area contributed by atoms with Gasteiger partial charge >= 0.3 is 5.97 Å². The summed E-state index contributed by atoms with van der Waals surface area (Å²) in [5.74, 6) is -1.19. The van der Waals surface area contributed by atoms with Gasteiger partial charge < -0.3 is 24.6 Å². The van der Waals surface area contributed by atoms with E-state index in [4.69, 9.17) is 9.47 Å². The third kappa shape index (κ3) is 6.20. The molecule has 11 heteroatoms. The number of unbranched alkanes of at least 4 members (excludes halogenated alkanes) is 1. The summed E-state index contributed by atoms with van der Waals surface area (Å²) in [5.41, 5.74) is 2.13. The van der Waals surface area contributed by atoms with Crippen molar-refractivity contribution in [2.24, 2.45) is 13.0 Å². The lowest BCUT2D eigenvalue weighted by Crippen LogP contribution is -2.45. The van der Waals surface area contributed by atoms with E-state index in [1.807, 2.05) is 70.3 Å². The molecule has 0 radical (unpaired) electrons. The number of carboxylic acid groups (broad SMARTS) is 1. The second-order valence-electron chi connectivity index (χ2n) is 10.7. The summed E-state index contributed by atoms with van der Waals surface area (Å²) in [6.45, 7) is 3.46. The first-order chi connectivity index (χ1) is 19.9. The summed E-state index contributed by atoms with van der Waals surface area (Å²) < 4.78 is 14.8. The zero-order valence-electron chi connectivity index (χ0n) is 23.6. The average molecular weight is 565 g/mol. The van der Waals surface area contributed by atoms with Crippen molar-refractivity contribution in [1.29, 1.82) is 0 Å². The minimum Gasteiger partial charge on any atom is -0.481 e. The maximum absolute atomic E-state index is 13.9. The molecule has 1 fully saturated rings. The molecule has 0 aliphatic carbocycles. The molecule has 2 aromatic heterocycles. The largest absolute Gasteiger partial charge is 0.481 e. The van der Waals surface area contributed by atoms with Crippen molar-refractivity contribution in [2.75, 3.05) is 31.3 Å². The number of aliphatic carboxylic acids is 1. The summed E-state index contributed by atoms with van der Waals surface area (Å²) in [5, 5.41) is 24.8. The van der Waals surface area contributed by atoms with Gasteiger partial charge in [-0.1, -0.05) is 13.3 Å². The predicted molar refractivity (Wildman–Crippen MR) is 149 cm³/mol. The normalized spacial score (nSPS) is 19.9. The summed E-state index contributed by atoms with van der Waals surface area (Å²) in [6.07, 6.45) is 9.71. The Morgan fingerprint density at radius 3 is 2.80 bits per heavy atom. The van der Waals surface area contributed by atoms with E-state index in [0.29, 0.717) is 43.1 Å². The number of hydrogen-bond donors (Lipinski definition) is 2. The fourth-order valence-electron chi connectivity index (χ4n) is 6.03. The van der Waals surface area contributed by atoms with Crippen LogP contribution in [0.5, 0.6) is 11.5 Å². The number of aliphatic hydroxyl groups excluding tert-OH is 1. The van der Waals surface area contributed by atoms with Gasteiger partial charge in [0.25, 0.3) is 0 Å². The summed E-state index contributed by atoms with van der Waals surface area (Å²) >= 11 is 0. The Morgan fingerprint density at radius 2 is 2.10 bits per heavy atom. The number of anilines is 1. The van der Waals surface area contributed by atoms with E-state index in [9.17, 15) is 19.8 Å². The van der Waals surface area contributed by atoms with Crippen molar-refractivity contribution in [3.8, 4) is 11.5 Å². The van der Waals surface area contributed by atoms with E-state index >= 15 is 0 Å². The fraction of sp³-hybridized carbons (Fsp3) is 0.467. The average Bonchev–Trinajstić information content (AvgIpc) is 3.72. The van der Waals surface area contributed by atoms with E-state index in [1.165, 1.54) is 0 Å². The van der Waals surface area contributed by atoms with Gasteiger partial charge in [-0.05, 0) is 42.7 Å². The molecule has 0 saturated carbocycles. The smallest absolute Gasteiger partial charge is 0.308 e. The van der Waals surface area contributed by atoms with Gasteiger partial charge in [0.2, 0.25) is 12.7 Å². The van der Waals surface area contributed by atoms with Crippen molar-refractivity contribution in [2.45, 2.75) is 51.3 Å². The Balaban J connectivity index is 1.47. The molecule has 218 valence electrons. The van der Waals surface area contributed by atoms with Crippen molar-refractivity contribution in [3.05, 3.63) is 66.2 Å². The maximum Gasteiger partial charge on any atom is 0.308 e. The summed E-state index contributed by atoms with van der Waals surface area (Å²) in [7, 11) is 1.92. The molecule has 41 heavy (non-hydrogen) atoms. The standard InChI is InChI=1S/C30H37N5O6/c1-3-4-12-35(23-7-5-10-32(2)16-23)27(37)18-33-17-24(21-14-22(19-36)29-26(15-21)40-20-41-29)28(30(38)39)25(33)8-13-34-11-6-9-31-34/h5-7,9-11,14-16,24-25,28,36H,3-4,8,12-13,17-20H2,1-2H3/p+1/t24-,25+,28-/m1/s1. The quantitative estimate of drug-likeness (QED) is 0.322. The highest BCUT2D eigenvalue weighted by Gasteiger charge is 2.47. The van der Waals surface area contributed by atoms with Crippen LogP contribution in [0, 0.1) is 5.92 Å². The number of fused-ring (bicyclic) bond motifs is 1. The zero-order valence-corrected chi connectivity index (χ0v) is 23.6. The van der Waals surface area contributed by atoms with E-state index in [2.05, 4.69) is 12.0 Å². The molecule has 4 heterocycles. The Bertz CT molecular complexity index is 1360. The molecule has 2 N–H and O–H groups in total. The van der Waals surface area contributed by atoms with Gasteiger partial charge in [-0.15, -0.1) is 0 Å². The second-order valence-corrected chi connectivity index (χ2v) is 10.7. The third-order valence-corrected chi connectivity index (χ3v) is 8.03. The molecule has 1 saturated heterocycles. The fourth-order valence-corrected chi connectivity index (χ4v) is 6.03. The van der Waals surface area contributed by atoms with Crippen LogP contribution < -0.4 is 18.9 Å². The van der Waals surface area contributed by atoms with Crippen LogP contribution in [0.25, 0.3) is 0 Å². The number of aliphatic hydroxyl groups is 1. The van der Waals surface area contributed by atoms with Crippen LogP contribution in [0.3, 0.4) is 0 Å². The molecule has 2 aliphatic rings. The van der Waals surface area contributed by atoms with Crippen LogP contribution >= 0.6 is 0 Å². The van der Waals surface area contributed by atoms with E-state index in [-0.39, 0.29) is 25.9 Å². The lowest BCUT2D eigenvalue weighted by molar-refractivity contribution is -0.670. The van der Waals surface area contributed by atoms with Gasteiger partial charge in [-0.25, -0.2) is 4.57 Å². The summed E-state index contributed by atoms with van der Waals surface area (Å²) in [4.78, 5) is 30.6. The highest BCUT2D eigenvalue weighted by molar-refractivity contribution is 5.94. The Kier molecular flexibility index (Phi) is 8.84. The topological polar surface area (TPSA) is 121 Å². The van der Waals surface area contributed by atoms with Crippen LogP contribution in [0.2, 0.25) is 0 Å². The van der Waals surface area contributed by atoms with Gasteiger partial charge in [0.15, 0.2) is 23.9 Å². The van der Waals surface area contributed by atoms with Gasteiger partial charge in [0.05, 0.1) is 19.1 Å². The van der Waals surface area contributed by atoms with Crippen LogP contribution in [0.4, 0.5) is 5.69 Å². The highest BCUT2D eigenvalue weighted by Crippen LogP contribution is 2.44. The molecule has 3 atom stereocenters. The Labute approximate surface area is 239 Å². The molecular weight excluding hydrogens is 526 g/mol. The van der Waals surface area contributed by atoms with Crippen molar-refractivity contribution < 1.29 is 33.8 Å². The number of aryl methyl sites for hydroxylation is 2. The maximum atomic E-state index is 13.9. The predicted octanol–water partition coefficient (Wildman–Crippen LogP) is 2.32. The van der Waals surface area contributed by atoms with Crippen LogP contribution in [-0.4, -0.2) is 69.2 Å². The molecule has 0 spiro atoms. The van der Waals surface area contributed by atoms with E-state index in [1.54, 1.807) is 10.9 Å². The molecule has 3 aromatic rings. The number of nitrogens with zero attached hydrogens (tertiary/aromatic N) is 5.